The Kier molecular flexibility index (Phi) is 6.23. The van der Waals surface area contributed by atoms with Crippen molar-refractivity contribution in [3.05, 3.63) is 94.3 Å². The van der Waals surface area contributed by atoms with Crippen LogP contribution in [0.2, 0.25) is 5.02 Å². The molecule has 0 unspecified atom stereocenters. The SMILES string of the molecule is Cc1cc(OCCn2c(CNC(=O)c3ccccc3C)nc3ccccc32)ccc1Cl. The average Bonchev–Trinajstić information content (AvgIpc) is 3.12. The molecule has 3 aromatic carbocycles. The highest BCUT2D eigenvalue weighted by atomic mass is 35.5. The van der Waals surface area contributed by atoms with Gasteiger partial charge >= 0.3 is 0 Å². The van der Waals surface area contributed by atoms with E-state index >= 15 is 0 Å². The molecule has 0 aliphatic heterocycles. The molecule has 6 heteroatoms. The lowest BCUT2D eigenvalue weighted by atomic mass is 10.1. The molecule has 0 aliphatic carbocycles. The van der Waals surface area contributed by atoms with Gasteiger partial charge in [0.2, 0.25) is 0 Å². The molecule has 4 aromatic rings. The van der Waals surface area contributed by atoms with Crippen LogP contribution in [0.4, 0.5) is 0 Å². The number of rotatable bonds is 7. The number of hydrogen-bond donors (Lipinski definition) is 1. The van der Waals surface area contributed by atoms with E-state index in [2.05, 4.69) is 9.88 Å². The summed E-state index contributed by atoms with van der Waals surface area (Å²) in [6, 6.07) is 21.1. The number of para-hydroxylation sites is 2. The zero-order chi connectivity index (χ0) is 21.8. The van der Waals surface area contributed by atoms with Crippen LogP contribution in [0.15, 0.2) is 66.7 Å². The third-order valence-electron chi connectivity index (χ3n) is 5.24. The van der Waals surface area contributed by atoms with Gasteiger partial charge in [0.15, 0.2) is 0 Å². The Morgan fingerprint density at radius 2 is 1.81 bits per heavy atom. The Hall–Kier alpha value is -3.31. The van der Waals surface area contributed by atoms with Gasteiger partial charge in [-0.2, -0.15) is 0 Å². The van der Waals surface area contributed by atoms with Gasteiger partial charge in [0.1, 0.15) is 18.2 Å². The summed E-state index contributed by atoms with van der Waals surface area (Å²) in [5, 5.41) is 3.72. The van der Waals surface area contributed by atoms with E-state index in [0.717, 1.165) is 38.8 Å². The van der Waals surface area contributed by atoms with Crippen molar-refractivity contribution in [2.45, 2.75) is 26.9 Å². The van der Waals surface area contributed by atoms with E-state index in [9.17, 15) is 4.79 Å². The second-order valence-corrected chi connectivity index (χ2v) is 7.83. The number of imidazole rings is 1. The van der Waals surface area contributed by atoms with Crippen LogP contribution in [0.5, 0.6) is 5.75 Å². The molecule has 0 bridgehead atoms. The lowest BCUT2D eigenvalue weighted by Crippen LogP contribution is -2.26. The molecule has 1 N–H and O–H groups in total. The number of carbonyl (C=O) groups is 1. The van der Waals surface area contributed by atoms with Gasteiger partial charge in [-0.1, -0.05) is 41.9 Å². The van der Waals surface area contributed by atoms with Crippen molar-refractivity contribution in [3.8, 4) is 5.75 Å². The first-order valence-electron chi connectivity index (χ1n) is 10.2. The first kappa shape index (κ1) is 20.9. The van der Waals surface area contributed by atoms with Gasteiger partial charge in [0.25, 0.3) is 5.91 Å². The molecule has 0 aliphatic rings. The van der Waals surface area contributed by atoms with E-state index in [0.29, 0.717) is 25.3 Å². The van der Waals surface area contributed by atoms with Crippen molar-refractivity contribution >= 4 is 28.5 Å². The number of ether oxygens (including phenoxy) is 1. The number of nitrogens with zero attached hydrogens (tertiary/aromatic N) is 2. The second-order valence-electron chi connectivity index (χ2n) is 7.43. The standard InChI is InChI=1S/C25H24ClN3O2/c1-17-7-3-4-8-20(17)25(30)27-16-24-28-22-9-5-6-10-23(22)29(24)13-14-31-19-11-12-21(26)18(2)15-19/h3-12,15H,13-14,16H2,1-2H3,(H,27,30). The molecule has 5 nitrogen and oxygen atoms in total. The fourth-order valence-corrected chi connectivity index (χ4v) is 3.67. The van der Waals surface area contributed by atoms with E-state index in [1.54, 1.807) is 0 Å². The Bertz CT molecular complexity index is 1230. The minimum Gasteiger partial charge on any atom is -0.492 e. The van der Waals surface area contributed by atoms with Gasteiger partial charge in [-0.15, -0.1) is 0 Å². The van der Waals surface area contributed by atoms with Gasteiger partial charge in [-0.05, 0) is 61.4 Å². The number of aromatic nitrogens is 2. The van der Waals surface area contributed by atoms with Crippen LogP contribution in [0, 0.1) is 13.8 Å². The van der Waals surface area contributed by atoms with E-state index in [1.807, 2.05) is 80.6 Å². The lowest BCUT2D eigenvalue weighted by molar-refractivity contribution is 0.0949. The number of hydrogen-bond acceptors (Lipinski definition) is 3. The topological polar surface area (TPSA) is 56.1 Å². The van der Waals surface area contributed by atoms with Crippen LogP contribution < -0.4 is 10.1 Å². The Balaban J connectivity index is 1.49. The Morgan fingerprint density at radius 1 is 1.03 bits per heavy atom. The summed E-state index contributed by atoms with van der Waals surface area (Å²) < 4.78 is 8.03. The van der Waals surface area contributed by atoms with Crippen molar-refractivity contribution in [3.63, 3.8) is 0 Å². The number of aryl methyl sites for hydroxylation is 2. The zero-order valence-corrected chi connectivity index (χ0v) is 18.3. The number of carbonyl (C=O) groups excluding carboxylic acids is 1. The van der Waals surface area contributed by atoms with E-state index in [-0.39, 0.29) is 5.91 Å². The molecule has 1 aromatic heterocycles. The van der Waals surface area contributed by atoms with Crippen LogP contribution in [0.1, 0.15) is 27.3 Å². The van der Waals surface area contributed by atoms with Gasteiger partial charge in [0.05, 0.1) is 24.1 Å². The van der Waals surface area contributed by atoms with Crippen LogP contribution in [0.3, 0.4) is 0 Å². The van der Waals surface area contributed by atoms with Gasteiger partial charge in [0, 0.05) is 10.6 Å². The third-order valence-corrected chi connectivity index (χ3v) is 5.67. The van der Waals surface area contributed by atoms with Crippen molar-refractivity contribution in [1.82, 2.24) is 14.9 Å². The molecule has 1 amide bonds. The maximum absolute atomic E-state index is 12.6. The molecule has 158 valence electrons. The summed E-state index contributed by atoms with van der Waals surface area (Å²) in [5.41, 5.74) is 4.50. The number of nitrogens with one attached hydrogen (secondary N) is 1. The van der Waals surface area contributed by atoms with Gasteiger partial charge < -0.3 is 14.6 Å². The molecule has 1 heterocycles. The fraction of sp³-hybridized carbons (Fsp3) is 0.200. The normalized spacial score (nSPS) is 10.9. The summed E-state index contributed by atoms with van der Waals surface area (Å²) in [4.78, 5) is 17.4. The minimum absolute atomic E-state index is 0.107. The first-order valence-corrected chi connectivity index (χ1v) is 10.6. The first-order chi connectivity index (χ1) is 15.0. The molecule has 0 fully saturated rings. The molecule has 31 heavy (non-hydrogen) atoms. The predicted molar refractivity (Wildman–Crippen MR) is 124 cm³/mol. The predicted octanol–water partition coefficient (Wildman–Crippen LogP) is 5.32. The molecule has 0 saturated carbocycles. The van der Waals surface area contributed by atoms with Crippen molar-refractivity contribution in [1.29, 1.82) is 0 Å². The summed E-state index contributed by atoms with van der Waals surface area (Å²) in [6.45, 7) is 5.30. The molecular weight excluding hydrogens is 410 g/mol. The highest BCUT2D eigenvalue weighted by Gasteiger charge is 2.13. The van der Waals surface area contributed by atoms with E-state index in [4.69, 9.17) is 21.3 Å². The Morgan fingerprint density at radius 3 is 2.61 bits per heavy atom. The largest absolute Gasteiger partial charge is 0.492 e. The number of halogens is 1. The van der Waals surface area contributed by atoms with Crippen molar-refractivity contribution < 1.29 is 9.53 Å². The zero-order valence-electron chi connectivity index (χ0n) is 17.6. The van der Waals surface area contributed by atoms with Crippen LogP contribution in [0.25, 0.3) is 11.0 Å². The smallest absolute Gasteiger partial charge is 0.251 e. The minimum atomic E-state index is -0.107. The van der Waals surface area contributed by atoms with Crippen LogP contribution >= 0.6 is 11.6 Å². The van der Waals surface area contributed by atoms with Crippen LogP contribution in [-0.2, 0) is 13.1 Å². The molecule has 0 atom stereocenters. The van der Waals surface area contributed by atoms with Gasteiger partial charge in [-0.3, -0.25) is 4.79 Å². The summed E-state index contributed by atoms with van der Waals surface area (Å²) >= 11 is 6.09. The van der Waals surface area contributed by atoms with Crippen LogP contribution in [-0.4, -0.2) is 22.1 Å². The molecule has 0 saturated heterocycles. The maximum Gasteiger partial charge on any atom is 0.251 e. The fourth-order valence-electron chi connectivity index (χ4n) is 3.55. The van der Waals surface area contributed by atoms with Crippen molar-refractivity contribution in [2.75, 3.05) is 6.61 Å². The summed E-state index contributed by atoms with van der Waals surface area (Å²) in [6.07, 6.45) is 0. The maximum atomic E-state index is 12.6. The molecular formula is C25H24ClN3O2. The number of amides is 1. The quantitative estimate of drug-likeness (QED) is 0.429. The van der Waals surface area contributed by atoms with E-state index < -0.39 is 0 Å². The molecule has 0 spiro atoms. The second kappa shape index (κ2) is 9.23. The average molecular weight is 434 g/mol. The summed E-state index contributed by atoms with van der Waals surface area (Å²) in [7, 11) is 0. The summed E-state index contributed by atoms with van der Waals surface area (Å²) in [5.74, 6) is 1.46. The van der Waals surface area contributed by atoms with Gasteiger partial charge in [-0.25, -0.2) is 4.98 Å². The highest BCUT2D eigenvalue weighted by Crippen LogP contribution is 2.22. The monoisotopic (exact) mass is 433 g/mol. The molecule has 4 rings (SSSR count). The molecule has 0 radical (unpaired) electrons. The number of benzene rings is 3. The highest BCUT2D eigenvalue weighted by molar-refractivity contribution is 6.31. The number of fused-ring (bicyclic) bond motifs is 1. The lowest BCUT2D eigenvalue weighted by Gasteiger charge is -2.12. The third kappa shape index (κ3) is 4.72. The Labute approximate surface area is 186 Å². The van der Waals surface area contributed by atoms with Crippen molar-refractivity contribution in [2.24, 2.45) is 0 Å². The van der Waals surface area contributed by atoms with E-state index in [1.165, 1.54) is 0 Å².